The Labute approximate surface area is 159 Å². The number of aryl methyl sites for hydroxylation is 2. The summed E-state index contributed by atoms with van der Waals surface area (Å²) in [4.78, 5) is 4.58. The van der Waals surface area contributed by atoms with Crippen LogP contribution in [0.25, 0.3) is 27.8 Å². The molecule has 2 aromatic carbocycles. The third-order valence-electron chi connectivity index (χ3n) is 4.30. The molecule has 25 heavy (non-hydrogen) atoms. The van der Waals surface area contributed by atoms with Crippen molar-refractivity contribution in [3.63, 3.8) is 0 Å². The van der Waals surface area contributed by atoms with Crippen molar-refractivity contribution in [3.8, 4) is 16.8 Å². The van der Waals surface area contributed by atoms with Crippen LogP contribution in [0.4, 0.5) is 0 Å². The quantitative estimate of drug-likeness (QED) is 0.397. The van der Waals surface area contributed by atoms with Crippen molar-refractivity contribution in [1.29, 1.82) is 0 Å². The zero-order chi connectivity index (χ0) is 17.6. The molecule has 0 saturated heterocycles. The molecule has 0 fully saturated rings. The molecule has 0 radical (unpaired) electrons. The lowest BCUT2D eigenvalue weighted by atomic mass is 10.0. The number of fused-ring (bicyclic) bond motifs is 1. The van der Waals surface area contributed by atoms with Crippen LogP contribution in [0.5, 0.6) is 0 Å². The summed E-state index contributed by atoms with van der Waals surface area (Å²) in [7, 11) is 0. The number of hydrogen-bond acceptors (Lipinski definition) is 2. The van der Waals surface area contributed by atoms with Crippen LogP contribution in [0.1, 0.15) is 11.3 Å². The SMILES string of the molecule is Cc1ccc(-n2nc(C)c3c(-c4ccc(Br)cc4)ccnc32)cc1Cl. The molecular formula is C20H15BrClN3. The molecule has 4 aromatic rings. The van der Waals surface area contributed by atoms with E-state index in [1.54, 1.807) is 0 Å². The molecule has 0 bridgehead atoms. The standard InChI is InChI=1S/C20H15BrClN3/c1-12-3-8-16(11-18(12)22)25-20-19(13(2)24-25)17(9-10-23-20)14-4-6-15(21)7-5-14/h3-11H,1-2H3. The third kappa shape index (κ3) is 2.86. The van der Waals surface area contributed by atoms with Gasteiger partial charge in [-0.25, -0.2) is 9.67 Å². The first-order valence-corrected chi connectivity index (χ1v) is 9.08. The molecule has 0 spiro atoms. The minimum Gasteiger partial charge on any atom is -0.236 e. The summed E-state index contributed by atoms with van der Waals surface area (Å²) in [5, 5.41) is 6.50. The fourth-order valence-electron chi connectivity index (χ4n) is 2.98. The Bertz CT molecular complexity index is 1080. The predicted octanol–water partition coefficient (Wildman–Crippen LogP) is 6.12. The fourth-order valence-corrected chi connectivity index (χ4v) is 3.42. The first-order valence-electron chi connectivity index (χ1n) is 7.91. The molecule has 0 atom stereocenters. The first kappa shape index (κ1) is 16.3. The highest BCUT2D eigenvalue weighted by atomic mass is 79.9. The number of aromatic nitrogens is 3. The lowest BCUT2D eigenvalue weighted by molar-refractivity contribution is 0.877. The minimum atomic E-state index is 0.725. The van der Waals surface area contributed by atoms with Crippen LogP contribution in [0, 0.1) is 13.8 Å². The van der Waals surface area contributed by atoms with Gasteiger partial charge in [0.1, 0.15) is 0 Å². The Morgan fingerprint density at radius 3 is 2.48 bits per heavy atom. The maximum absolute atomic E-state index is 6.30. The molecule has 0 N–H and O–H groups in total. The first-order chi connectivity index (χ1) is 12.0. The summed E-state index contributed by atoms with van der Waals surface area (Å²) < 4.78 is 2.92. The van der Waals surface area contributed by atoms with Gasteiger partial charge in [0, 0.05) is 15.7 Å². The lowest BCUT2D eigenvalue weighted by Gasteiger charge is -2.07. The molecule has 0 amide bonds. The Hall–Kier alpha value is -2.17. The van der Waals surface area contributed by atoms with Crippen molar-refractivity contribution in [2.24, 2.45) is 0 Å². The molecule has 0 unspecified atom stereocenters. The second-order valence-corrected chi connectivity index (χ2v) is 7.32. The average molecular weight is 413 g/mol. The van der Waals surface area contributed by atoms with Crippen LogP contribution in [0.3, 0.4) is 0 Å². The van der Waals surface area contributed by atoms with E-state index in [0.29, 0.717) is 0 Å². The summed E-state index contributed by atoms with van der Waals surface area (Å²) >= 11 is 9.79. The second-order valence-electron chi connectivity index (χ2n) is 5.99. The molecule has 4 rings (SSSR count). The van der Waals surface area contributed by atoms with Crippen LogP contribution in [0.15, 0.2) is 59.2 Å². The average Bonchev–Trinajstić information content (AvgIpc) is 2.95. The molecule has 2 aromatic heterocycles. The second kappa shape index (κ2) is 6.28. The van der Waals surface area contributed by atoms with Gasteiger partial charge in [0.2, 0.25) is 0 Å². The number of benzene rings is 2. The largest absolute Gasteiger partial charge is 0.236 e. The molecule has 5 heteroatoms. The van der Waals surface area contributed by atoms with Crippen LogP contribution < -0.4 is 0 Å². The molecule has 0 aliphatic carbocycles. The van der Waals surface area contributed by atoms with E-state index in [1.807, 2.05) is 61.1 Å². The van der Waals surface area contributed by atoms with E-state index in [0.717, 1.165) is 48.6 Å². The molecule has 2 heterocycles. The van der Waals surface area contributed by atoms with Gasteiger partial charge in [-0.3, -0.25) is 0 Å². The van der Waals surface area contributed by atoms with Gasteiger partial charge in [-0.15, -0.1) is 0 Å². The zero-order valence-corrected chi connectivity index (χ0v) is 16.1. The van der Waals surface area contributed by atoms with Gasteiger partial charge in [-0.05, 0) is 60.9 Å². The molecule has 3 nitrogen and oxygen atoms in total. The van der Waals surface area contributed by atoms with Crippen molar-refractivity contribution < 1.29 is 0 Å². The van der Waals surface area contributed by atoms with Gasteiger partial charge in [0.25, 0.3) is 0 Å². The van der Waals surface area contributed by atoms with Crippen molar-refractivity contribution >= 4 is 38.6 Å². The van der Waals surface area contributed by atoms with Crippen LogP contribution >= 0.6 is 27.5 Å². The number of rotatable bonds is 2. The topological polar surface area (TPSA) is 30.7 Å². The third-order valence-corrected chi connectivity index (χ3v) is 5.23. The summed E-state index contributed by atoms with van der Waals surface area (Å²) in [5.74, 6) is 0. The van der Waals surface area contributed by atoms with Crippen molar-refractivity contribution in [1.82, 2.24) is 14.8 Å². The van der Waals surface area contributed by atoms with Gasteiger partial charge in [-0.1, -0.05) is 45.7 Å². The van der Waals surface area contributed by atoms with Gasteiger partial charge in [0.05, 0.1) is 16.8 Å². The van der Waals surface area contributed by atoms with E-state index in [1.165, 1.54) is 0 Å². The number of nitrogens with zero attached hydrogens (tertiary/aromatic N) is 3. The van der Waals surface area contributed by atoms with E-state index in [2.05, 4.69) is 33.0 Å². The number of hydrogen-bond donors (Lipinski definition) is 0. The Kier molecular flexibility index (Phi) is 4.10. The Balaban J connectivity index is 1.96. The molecule has 0 aliphatic heterocycles. The summed E-state index contributed by atoms with van der Waals surface area (Å²) in [6, 6.07) is 16.3. The lowest BCUT2D eigenvalue weighted by Crippen LogP contribution is -1.98. The van der Waals surface area contributed by atoms with Gasteiger partial charge >= 0.3 is 0 Å². The summed E-state index contributed by atoms with van der Waals surface area (Å²) in [6.45, 7) is 4.00. The highest BCUT2D eigenvalue weighted by molar-refractivity contribution is 9.10. The summed E-state index contributed by atoms with van der Waals surface area (Å²) in [6.07, 6.45) is 1.83. The highest BCUT2D eigenvalue weighted by Gasteiger charge is 2.15. The van der Waals surface area contributed by atoms with E-state index < -0.39 is 0 Å². The predicted molar refractivity (Wildman–Crippen MR) is 106 cm³/mol. The normalized spacial score (nSPS) is 11.2. The Morgan fingerprint density at radius 2 is 1.76 bits per heavy atom. The monoisotopic (exact) mass is 411 g/mol. The van der Waals surface area contributed by atoms with Crippen LogP contribution in [-0.4, -0.2) is 14.8 Å². The molecular weight excluding hydrogens is 398 g/mol. The van der Waals surface area contributed by atoms with Crippen molar-refractivity contribution in [3.05, 3.63) is 75.5 Å². The highest BCUT2D eigenvalue weighted by Crippen LogP contribution is 2.32. The fraction of sp³-hybridized carbons (Fsp3) is 0.100. The van der Waals surface area contributed by atoms with E-state index >= 15 is 0 Å². The molecule has 0 aliphatic rings. The zero-order valence-electron chi connectivity index (χ0n) is 13.8. The number of halogens is 2. The smallest absolute Gasteiger partial charge is 0.163 e. The number of pyridine rings is 1. The molecule has 0 saturated carbocycles. The van der Waals surface area contributed by atoms with Gasteiger partial charge in [0.15, 0.2) is 5.65 Å². The van der Waals surface area contributed by atoms with Crippen LogP contribution in [-0.2, 0) is 0 Å². The minimum absolute atomic E-state index is 0.725. The van der Waals surface area contributed by atoms with Crippen molar-refractivity contribution in [2.45, 2.75) is 13.8 Å². The van der Waals surface area contributed by atoms with Gasteiger partial charge in [-0.2, -0.15) is 5.10 Å². The van der Waals surface area contributed by atoms with Crippen molar-refractivity contribution in [2.75, 3.05) is 0 Å². The van der Waals surface area contributed by atoms with Gasteiger partial charge < -0.3 is 0 Å². The maximum atomic E-state index is 6.30. The molecule has 124 valence electrons. The Morgan fingerprint density at radius 1 is 1.00 bits per heavy atom. The van der Waals surface area contributed by atoms with E-state index in [9.17, 15) is 0 Å². The van der Waals surface area contributed by atoms with E-state index in [-0.39, 0.29) is 0 Å². The van der Waals surface area contributed by atoms with Crippen LogP contribution in [0.2, 0.25) is 5.02 Å². The maximum Gasteiger partial charge on any atom is 0.163 e. The summed E-state index contributed by atoms with van der Waals surface area (Å²) in [5.41, 5.74) is 5.99. The van der Waals surface area contributed by atoms with E-state index in [4.69, 9.17) is 16.7 Å².